The van der Waals surface area contributed by atoms with Crippen LogP contribution < -0.4 is 5.32 Å². The van der Waals surface area contributed by atoms with Gasteiger partial charge in [0.25, 0.3) is 0 Å². The summed E-state index contributed by atoms with van der Waals surface area (Å²) in [4.78, 5) is 21.6. The number of ether oxygens (including phenoxy) is 2. The SMILES string of the molecule is C=CC(=O)NC(O)(OC)C(=O)OC. The first-order valence-corrected chi connectivity index (χ1v) is 3.30. The van der Waals surface area contributed by atoms with Gasteiger partial charge >= 0.3 is 11.9 Å². The van der Waals surface area contributed by atoms with E-state index in [-0.39, 0.29) is 0 Å². The van der Waals surface area contributed by atoms with Gasteiger partial charge in [0, 0.05) is 7.11 Å². The first kappa shape index (κ1) is 11.6. The summed E-state index contributed by atoms with van der Waals surface area (Å²) in [6, 6.07) is 0. The van der Waals surface area contributed by atoms with E-state index in [2.05, 4.69) is 16.1 Å². The molecule has 0 saturated carbocycles. The Morgan fingerprint density at radius 2 is 2.08 bits per heavy atom. The van der Waals surface area contributed by atoms with Crippen LogP contribution in [0.15, 0.2) is 12.7 Å². The molecule has 0 fully saturated rings. The van der Waals surface area contributed by atoms with E-state index in [1.54, 1.807) is 0 Å². The summed E-state index contributed by atoms with van der Waals surface area (Å²) in [5.41, 5.74) is 0. The molecule has 0 radical (unpaired) electrons. The van der Waals surface area contributed by atoms with Gasteiger partial charge in [-0.05, 0) is 6.08 Å². The van der Waals surface area contributed by atoms with Crippen LogP contribution in [0.3, 0.4) is 0 Å². The molecule has 0 aliphatic rings. The van der Waals surface area contributed by atoms with E-state index in [1.807, 2.05) is 5.32 Å². The van der Waals surface area contributed by atoms with Crippen molar-refractivity contribution in [3.05, 3.63) is 12.7 Å². The van der Waals surface area contributed by atoms with Gasteiger partial charge in [-0.2, -0.15) is 0 Å². The minimum Gasteiger partial charge on any atom is -0.463 e. The molecule has 0 spiro atoms. The largest absolute Gasteiger partial charge is 0.463 e. The molecule has 1 atom stereocenters. The number of amides is 1. The number of hydrogen-bond donors (Lipinski definition) is 2. The van der Waals surface area contributed by atoms with Crippen molar-refractivity contribution in [3.8, 4) is 0 Å². The van der Waals surface area contributed by atoms with Crippen molar-refractivity contribution in [1.29, 1.82) is 0 Å². The molecule has 0 aromatic rings. The third-order valence-corrected chi connectivity index (χ3v) is 1.24. The number of nitrogens with one attached hydrogen (secondary N) is 1. The van der Waals surface area contributed by atoms with Crippen LogP contribution in [0.25, 0.3) is 0 Å². The topological polar surface area (TPSA) is 84.9 Å². The Labute approximate surface area is 75.1 Å². The number of rotatable bonds is 4. The molecule has 13 heavy (non-hydrogen) atoms. The van der Waals surface area contributed by atoms with E-state index in [4.69, 9.17) is 0 Å². The highest BCUT2D eigenvalue weighted by atomic mass is 16.7. The summed E-state index contributed by atoms with van der Waals surface area (Å²) >= 11 is 0. The Morgan fingerprint density at radius 3 is 2.38 bits per heavy atom. The predicted molar refractivity (Wildman–Crippen MR) is 42.3 cm³/mol. The molecule has 0 aliphatic heterocycles. The van der Waals surface area contributed by atoms with Gasteiger partial charge in [-0.25, -0.2) is 4.79 Å². The number of carbonyl (C=O) groups excluding carboxylic acids is 2. The minimum atomic E-state index is -2.46. The standard InChI is InChI=1S/C7H11NO5/c1-4-5(9)8-7(11,13-3)6(10)12-2/h4,11H,1H2,2-3H3,(H,8,9). The lowest BCUT2D eigenvalue weighted by atomic mass is 10.4. The Balaban J connectivity index is 4.53. The van der Waals surface area contributed by atoms with E-state index >= 15 is 0 Å². The molecule has 0 saturated heterocycles. The van der Waals surface area contributed by atoms with Gasteiger partial charge in [-0.1, -0.05) is 6.58 Å². The highest BCUT2D eigenvalue weighted by Gasteiger charge is 2.39. The zero-order valence-electron chi connectivity index (χ0n) is 7.36. The average molecular weight is 189 g/mol. The highest BCUT2D eigenvalue weighted by molar-refractivity contribution is 5.91. The van der Waals surface area contributed by atoms with Gasteiger partial charge in [0.2, 0.25) is 5.91 Å². The number of hydrogen-bond acceptors (Lipinski definition) is 5. The van der Waals surface area contributed by atoms with Crippen LogP contribution in [0, 0.1) is 0 Å². The summed E-state index contributed by atoms with van der Waals surface area (Å²) in [6.07, 6.45) is 0.882. The lowest BCUT2D eigenvalue weighted by Gasteiger charge is -2.22. The average Bonchev–Trinajstić information content (AvgIpc) is 2.15. The van der Waals surface area contributed by atoms with Crippen LogP contribution >= 0.6 is 0 Å². The third-order valence-electron chi connectivity index (χ3n) is 1.24. The molecule has 0 aliphatic carbocycles. The summed E-state index contributed by atoms with van der Waals surface area (Å²) in [5, 5.41) is 11.2. The van der Waals surface area contributed by atoms with Crippen molar-refractivity contribution in [2.24, 2.45) is 0 Å². The van der Waals surface area contributed by atoms with Crippen molar-refractivity contribution in [1.82, 2.24) is 5.32 Å². The highest BCUT2D eigenvalue weighted by Crippen LogP contribution is 2.02. The second-order valence-corrected chi connectivity index (χ2v) is 2.03. The third kappa shape index (κ3) is 2.85. The Hall–Kier alpha value is -1.40. The van der Waals surface area contributed by atoms with Gasteiger partial charge in [-0.3, -0.25) is 10.1 Å². The van der Waals surface area contributed by atoms with E-state index in [0.29, 0.717) is 0 Å². The normalized spacial score (nSPS) is 14.1. The van der Waals surface area contributed by atoms with E-state index in [0.717, 1.165) is 20.3 Å². The Kier molecular flexibility index (Phi) is 4.09. The summed E-state index contributed by atoms with van der Waals surface area (Å²) in [6.45, 7) is 3.13. The first-order chi connectivity index (χ1) is 6.00. The monoisotopic (exact) mass is 189 g/mol. The van der Waals surface area contributed by atoms with E-state index in [1.165, 1.54) is 0 Å². The molecule has 1 amide bonds. The van der Waals surface area contributed by atoms with Crippen molar-refractivity contribution >= 4 is 11.9 Å². The molecule has 0 heterocycles. The molecule has 0 aromatic carbocycles. The first-order valence-electron chi connectivity index (χ1n) is 3.30. The Morgan fingerprint density at radius 1 is 1.54 bits per heavy atom. The van der Waals surface area contributed by atoms with Crippen molar-refractivity contribution in [3.63, 3.8) is 0 Å². The number of methoxy groups -OCH3 is 2. The van der Waals surface area contributed by atoms with Crippen molar-refractivity contribution in [2.75, 3.05) is 14.2 Å². The van der Waals surface area contributed by atoms with Crippen molar-refractivity contribution < 1.29 is 24.2 Å². The van der Waals surface area contributed by atoms with Gasteiger partial charge < -0.3 is 14.6 Å². The second-order valence-electron chi connectivity index (χ2n) is 2.03. The fourth-order valence-corrected chi connectivity index (χ4v) is 0.542. The van der Waals surface area contributed by atoms with E-state index < -0.39 is 17.8 Å². The quantitative estimate of drug-likeness (QED) is 0.328. The van der Waals surface area contributed by atoms with Crippen LogP contribution in [0.2, 0.25) is 0 Å². The zero-order valence-corrected chi connectivity index (χ0v) is 7.36. The Bertz CT molecular complexity index is 227. The number of esters is 1. The fourth-order valence-electron chi connectivity index (χ4n) is 0.542. The lowest BCUT2D eigenvalue weighted by molar-refractivity contribution is -0.228. The smallest absolute Gasteiger partial charge is 0.390 e. The number of carbonyl (C=O) groups is 2. The van der Waals surface area contributed by atoms with Crippen LogP contribution in [-0.2, 0) is 19.1 Å². The maximum Gasteiger partial charge on any atom is 0.390 e. The molecule has 0 bridgehead atoms. The summed E-state index contributed by atoms with van der Waals surface area (Å²) in [5.74, 6) is -4.33. The molecule has 0 aromatic heterocycles. The second kappa shape index (κ2) is 4.58. The van der Waals surface area contributed by atoms with E-state index in [9.17, 15) is 14.7 Å². The maximum absolute atomic E-state index is 10.9. The molecule has 0 rings (SSSR count). The minimum absolute atomic E-state index is 0.755. The summed E-state index contributed by atoms with van der Waals surface area (Å²) in [7, 11) is 2.09. The van der Waals surface area contributed by atoms with Crippen LogP contribution in [0.4, 0.5) is 0 Å². The summed E-state index contributed by atoms with van der Waals surface area (Å²) < 4.78 is 8.55. The molecule has 74 valence electrons. The molecule has 6 heteroatoms. The molecule has 1 unspecified atom stereocenters. The molecular weight excluding hydrogens is 178 g/mol. The fraction of sp³-hybridized carbons (Fsp3) is 0.429. The molecule has 6 nitrogen and oxygen atoms in total. The van der Waals surface area contributed by atoms with Crippen LogP contribution in [-0.4, -0.2) is 37.1 Å². The van der Waals surface area contributed by atoms with Crippen LogP contribution in [0.5, 0.6) is 0 Å². The van der Waals surface area contributed by atoms with Crippen molar-refractivity contribution in [2.45, 2.75) is 5.91 Å². The lowest BCUT2D eigenvalue weighted by Crippen LogP contribution is -2.56. The van der Waals surface area contributed by atoms with Gasteiger partial charge in [0.15, 0.2) is 0 Å². The van der Waals surface area contributed by atoms with Gasteiger partial charge in [0.1, 0.15) is 0 Å². The molecular formula is C7H11NO5. The predicted octanol–water partition coefficient (Wildman–Crippen LogP) is -1.25. The zero-order chi connectivity index (χ0) is 10.5. The maximum atomic E-state index is 10.9. The molecule has 2 N–H and O–H groups in total. The van der Waals surface area contributed by atoms with Crippen LogP contribution in [0.1, 0.15) is 0 Å². The number of aliphatic hydroxyl groups is 1. The van der Waals surface area contributed by atoms with Gasteiger partial charge in [-0.15, -0.1) is 0 Å². The van der Waals surface area contributed by atoms with Gasteiger partial charge in [0.05, 0.1) is 7.11 Å².